The monoisotopic (exact) mass is 338 g/mol. The van der Waals surface area contributed by atoms with E-state index in [0.717, 1.165) is 13.8 Å². The Kier molecular flexibility index (Phi) is 6.30. The van der Waals surface area contributed by atoms with Gasteiger partial charge in [-0.25, -0.2) is 25.4 Å². The van der Waals surface area contributed by atoms with Gasteiger partial charge in [0, 0.05) is 24.7 Å². The fraction of sp³-hybridized carbons (Fsp3) is 0.455. The predicted molar refractivity (Wildman–Crippen MR) is 77.4 cm³/mol. The quantitative estimate of drug-likeness (QED) is 0.620. The minimum absolute atomic E-state index is 0.126. The summed E-state index contributed by atoms with van der Waals surface area (Å²) in [4.78, 5) is 23.3. The SMILES string of the molecule is C=CS(=O)(=O)N(C(C)=O)C(CC)N(C(C)=O)S(=O)(=O)C=C. The van der Waals surface area contributed by atoms with Crippen LogP contribution in [-0.4, -0.2) is 43.4 Å². The van der Waals surface area contributed by atoms with Gasteiger partial charge in [0.1, 0.15) is 6.17 Å². The molecule has 0 aromatic carbocycles. The molecule has 0 saturated carbocycles. The molecule has 0 spiro atoms. The summed E-state index contributed by atoms with van der Waals surface area (Å²) in [7, 11) is -8.53. The zero-order valence-electron chi connectivity index (χ0n) is 12.0. The zero-order valence-corrected chi connectivity index (χ0v) is 13.6. The normalized spacial score (nSPS) is 11.8. The van der Waals surface area contributed by atoms with Gasteiger partial charge in [-0.15, -0.1) is 0 Å². The van der Waals surface area contributed by atoms with Crippen LogP contribution >= 0.6 is 0 Å². The average Bonchev–Trinajstić information content (AvgIpc) is 2.36. The predicted octanol–water partition coefficient (Wildman–Crippen LogP) is 0.366. The van der Waals surface area contributed by atoms with Crippen molar-refractivity contribution in [1.82, 2.24) is 8.61 Å². The fourth-order valence-electron chi connectivity index (χ4n) is 1.70. The molecule has 0 saturated heterocycles. The number of nitrogens with zero attached hydrogens (tertiary/aromatic N) is 2. The Labute approximate surface area is 124 Å². The second kappa shape index (κ2) is 6.85. The summed E-state index contributed by atoms with van der Waals surface area (Å²) in [6.07, 6.45) is -1.65. The van der Waals surface area contributed by atoms with Gasteiger partial charge in [0.25, 0.3) is 20.0 Å². The summed E-state index contributed by atoms with van der Waals surface area (Å²) >= 11 is 0. The molecule has 0 bridgehead atoms. The number of hydrogen-bond acceptors (Lipinski definition) is 6. The number of carbonyl (C=O) groups excluding carboxylic acids is 2. The largest absolute Gasteiger partial charge is 0.274 e. The second-order valence-corrected chi connectivity index (χ2v) is 7.46. The molecule has 0 rings (SSSR count). The molecule has 0 aliphatic heterocycles. The Bertz CT molecular complexity index is 594. The molecular weight excluding hydrogens is 320 g/mol. The van der Waals surface area contributed by atoms with E-state index < -0.39 is 38.0 Å². The smallest absolute Gasteiger partial charge is 0.260 e. The van der Waals surface area contributed by atoms with Gasteiger partial charge in [-0.05, 0) is 6.42 Å². The highest BCUT2D eigenvalue weighted by Gasteiger charge is 2.39. The number of amides is 2. The van der Waals surface area contributed by atoms with Crippen molar-refractivity contribution < 1.29 is 26.4 Å². The number of sulfonamides is 2. The first-order chi connectivity index (χ1) is 9.46. The van der Waals surface area contributed by atoms with Crippen LogP contribution in [0.25, 0.3) is 0 Å². The van der Waals surface area contributed by atoms with Gasteiger partial charge in [0.2, 0.25) is 11.8 Å². The minimum atomic E-state index is -4.26. The van der Waals surface area contributed by atoms with Crippen molar-refractivity contribution in [2.24, 2.45) is 0 Å². The summed E-state index contributed by atoms with van der Waals surface area (Å²) in [5.41, 5.74) is 0. The van der Waals surface area contributed by atoms with E-state index in [-0.39, 0.29) is 6.42 Å². The number of rotatable bonds is 7. The van der Waals surface area contributed by atoms with Crippen molar-refractivity contribution >= 4 is 31.9 Å². The molecule has 0 radical (unpaired) electrons. The third kappa shape index (κ3) is 4.14. The van der Waals surface area contributed by atoms with Gasteiger partial charge in [-0.3, -0.25) is 9.59 Å². The molecule has 21 heavy (non-hydrogen) atoms. The molecule has 0 unspecified atom stereocenters. The standard InChI is InChI=1S/C11H18N2O6S2/c1-6-11(12(9(4)14)20(16,17)7-2)13(10(5)15)21(18,19)8-3/h7-8,11H,2-3,6H2,1,4-5H3. The molecule has 2 amide bonds. The Hall–Kier alpha value is -1.68. The van der Waals surface area contributed by atoms with E-state index in [1.54, 1.807) is 0 Å². The molecule has 0 aromatic rings. The summed E-state index contributed by atoms with van der Waals surface area (Å²) in [6, 6.07) is 0. The first kappa shape index (κ1) is 19.3. The summed E-state index contributed by atoms with van der Waals surface area (Å²) in [5, 5.41) is 1.02. The Morgan fingerprint density at radius 3 is 1.38 bits per heavy atom. The van der Waals surface area contributed by atoms with Crippen molar-refractivity contribution in [3.05, 3.63) is 24.0 Å². The zero-order chi connectivity index (χ0) is 17.0. The second-order valence-electron chi connectivity index (χ2n) is 3.94. The summed E-state index contributed by atoms with van der Waals surface area (Å²) < 4.78 is 48.3. The third-order valence-corrected chi connectivity index (χ3v) is 5.44. The molecule has 0 fully saturated rings. The third-order valence-electron chi connectivity index (χ3n) is 2.50. The van der Waals surface area contributed by atoms with Crippen LogP contribution in [0.15, 0.2) is 24.0 Å². The minimum Gasteiger partial charge on any atom is -0.274 e. The summed E-state index contributed by atoms with van der Waals surface area (Å²) in [5.74, 6) is -1.88. The first-order valence-corrected chi connectivity index (χ1v) is 8.81. The van der Waals surface area contributed by atoms with Gasteiger partial charge < -0.3 is 0 Å². The van der Waals surface area contributed by atoms with Crippen LogP contribution in [0.4, 0.5) is 0 Å². The van der Waals surface area contributed by atoms with Gasteiger partial charge >= 0.3 is 0 Å². The Morgan fingerprint density at radius 2 is 1.24 bits per heavy atom. The van der Waals surface area contributed by atoms with E-state index in [4.69, 9.17) is 0 Å². The van der Waals surface area contributed by atoms with E-state index in [9.17, 15) is 26.4 Å². The Balaban J connectivity index is 6.29. The summed E-state index contributed by atoms with van der Waals surface area (Å²) in [6.45, 7) is 9.50. The molecule has 0 N–H and O–H groups in total. The maximum Gasteiger partial charge on any atom is 0.260 e. The highest BCUT2D eigenvalue weighted by Crippen LogP contribution is 2.20. The van der Waals surface area contributed by atoms with Crippen molar-refractivity contribution in [2.45, 2.75) is 33.4 Å². The lowest BCUT2D eigenvalue weighted by molar-refractivity contribution is -0.132. The Morgan fingerprint density at radius 1 is 0.952 bits per heavy atom. The van der Waals surface area contributed by atoms with Crippen LogP contribution in [0.5, 0.6) is 0 Å². The molecule has 10 heteroatoms. The van der Waals surface area contributed by atoms with Crippen LogP contribution in [0, 0.1) is 0 Å². The maximum atomic E-state index is 11.9. The van der Waals surface area contributed by atoms with Crippen LogP contribution in [-0.2, 0) is 29.6 Å². The van der Waals surface area contributed by atoms with Crippen LogP contribution in [0.2, 0.25) is 0 Å². The van der Waals surface area contributed by atoms with Crippen LogP contribution < -0.4 is 0 Å². The molecule has 0 aliphatic rings. The van der Waals surface area contributed by atoms with Gasteiger partial charge in [0.05, 0.1) is 0 Å². The molecule has 120 valence electrons. The van der Waals surface area contributed by atoms with E-state index in [0.29, 0.717) is 19.4 Å². The lowest BCUT2D eigenvalue weighted by Crippen LogP contribution is -2.55. The molecule has 0 heterocycles. The first-order valence-electron chi connectivity index (χ1n) is 5.81. The molecule has 8 nitrogen and oxygen atoms in total. The molecule has 0 atom stereocenters. The van der Waals surface area contributed by atoms with E-state index in [1.807, 2.05) is 0 Å². The lowest BCUT2D eigenvalue weighted by atomic mass is 10.3. The van der Waals surface area contributed by atoms with Crippen LogP contribution in [0.3, 0.4) is 0 Å². The van der Waals surface area contributed by atoms with Crippen molar-refractivity contribution in [3.63, 3.8) is 0 Å². The van der Waals surface area contributed by atoms with Gasteiger partial charge in [0.15, 0.2) is 0 Å². The van der Waals surface area contributed by atoms with E-state index in [1.165, 1.54) is 6.92 Å². The molecular formula is C11H18N2O6S2. The highest BCUT2D eigenvalue weighted by molar-refractivity contribution is 7.93. The molecule has 0 aromatic heterocycles. The van der Waals surface area contributed by atoms with E-state index >= 15 is 0 Å². The maximum absolute atomic E-state index is 11.9. The number of hydrogen-bond donors (Lipinski definition) is 0. The molecule has 0 aliphatic carbocycles. The number of carbonyl (C=O) groups is 2. The van der Waals surface area contributed by atoms with E-state index in [2.05, 4.69) is 13.2 Å². The van der Waals surface area contributed by atoms with Crippen molar-refractivity contribution in [1.29, 1.82) is 0 Å². The van der Waals surface area contributed by atoms with Crippen molar-refractivity contribution in [2.75, 3.05) is 0 Å². The fourth-order valence-corrected chi connectivity index (χ4v) is 3.97. The van der Waals surface area contributed by atoms with Crippen LogP contribution in [0.1, 0.15) is 27.2 Å². The van der Waals surface area contributed by atoms with Gasteiger partial charge in [-0.1, -0.05) is 20.1 Å². The van der Waals surface area contributed by atoms with Crippen molar-refractivity contribution in [3.8, 4) is 0 Å². The average molecular weight is 338 g/mol. The topological polar surface area (TPSA) is 109 Å². The van der Waals surface area contributed by atoms with Gasteiger partial charge in [-0.2, -0.15) is 0 Å². The highest BCUT2D eigenvalue weighted by atomic mass is 32.2. The lowest BCUT2D eigenvalue weighted by Gasteiger charge is -2.35.